The Bertz CT molecular complexity index is 391. The summed E-state index contributed by atoms with van der Waals surface area (Å²) in [5, 5.41) is 6.96. The molecule has 110 valence electrons. The first-order valence-corrected chi connectivity index (χ1v) is 6.48. The smallest absolute Gasteiger partial charge is 0.312 e. The van der Waals surface area contributed by atoms with Crippen molar-refractivity contribution in [2.24, 2.45) is 5.41 Å². The third-order valence-corrected chi connectivity index (χ3v) is 2.99. The zero-order chi connectivity index (χ0) is 14.7. The molecule has 0 radical (unpaired) electrons. The van der Waals surface area contributed by atoms with Crippen LogP contribution in [-0.2, 0) is 12.7 Å². The topological polar surface area (TPSA) is 29.9 Å². The predicted octanol–water partition coefficient (Wildman–Crippen LogP) is 3.32. The van der Waals surface area contributed by atoms with Crippen molar-refractivity contribution >= 4 is 0 Å². The van der Waals surface area contributed by atoms with E-state index < -0.39 is 11.9 Å². The van der Waals surface area contributed by atoms with Crippen molar-refractivity contribution in [1.29, 1.82) is 0 Å². The van der Waals surface area contributed by atoms with Crippen LogP contribution in [0.4, 0.5) is 13.2 Å². The van der Waals surface area contributed by atoms with Crippen LogP contribution in [-0.4, -0.2) is 22.4 Å². The molecule has 0 saturated heterocycles. The van der Waals surface area contributed by atoms with Gasteiger partial charge in [0.1, 0.15) is 0 Å². The van der Waals surface area contributed by atoms with E-state index in [1.807, 2.05) is 0 Å². The maximum atomic E-state index is 12.5. The van der Waals surface area contributed by atoms with Gasteiger partial charge in [-0.3, -0.25) is 4.68 Å². The molecule has 0 fully saturated rings. The SMILES string of the molecule is CCCNC(Cn1ccc(C(F)(F)F)n1)C(C)(C)C. The molecule has 0 saturated carbocycles. The number of nitrogens with one attached hydrogen (secondary N) is 1. The van der Waals surface area contributed by atoms with E-state index in [-0.39, 0.29) is 11.5 Å². The molecule has 0 aromatic carbocycles. The number of alkyl halides is 3. The van der Waals surface area contributed by atoms with Crippen LogP contribution in [0.2, 0.25) is 0 Å². The van der Waals surface area contributed by atoms with E-state index in [0.717, 1.165) is 19.0 Å². The summed E-state index contributed by atoms with van der Waals surface area (Å²) in [6.45, 7) is 9.52. The van der Waals surface area contributed by atoms with Gasteiger partial charge < -0.3 is 5.32 Å². The summed E-state index contributed by atoms with van der Waals surface area (Å²) in [4.78, 5) is 0. The Kier molecular flexibility index (Phi) is 5.01. The first-order chi connectivity index (χ1) is 8.64. The van der Waals surface area contributed by atoms with E-state index in [1.54, 1.807) is 0 Å². The van der Waals surface area contributed by atoms with Crippen LogP contribution in [0.15, 0.2) is 12.3 Å². The van der Waals surface area contributed by atoms with Gasteiger partial charge in [-0.05, 0) is 24.4 Å². The van der Waals surface area contributed by atoms with Crippen LogP contribution in [0, 0.1) is 5.41 Å². The van der Waals surface area contributed by atoms with Gasteiger partial charge in [-0.15, -0.1) is 0 Å². The third kappa shape index (κ3) is 4.86. The van der Waals surface area contributed by atoms with Crippen molar-refractivity contribution in [3.05, 3.63) is 18.0 Å². The van der Waals surface area contributed by atoms with Gasteiger partial charge in [0.05, 0.1) is 6.54 Å². The van der Waals surface area contributed by atoms with Gasteiger partial charge in [-0.2, -0.15) is 18.3 Å². The van der Waals surface area contributed by atoms with Crippen molar-refractivity contribution in [3.63, 3.8) is 0 Å². The Labute approximate surface area is 112 Å². The molecule has 3 nitrogen and oxygen atoms in total. The minimum atomic E-state index is -4.38. The molecule has 1 aromatic heterocycles. The summed E-state index contributed by atoms with van der Waals surface area (Å²) < 4.78 is 38.8. The molecule has 1 N–H and O–H groups in total. The van der Waals surface area contributed by atoms with Crippen LogP contribution < -0.4 is 5.32 Å². The maximum Gasteiger partial charge on any atom is 0.435 e. The fraction of sp³-hybridized carbons (Fsp3) is 0.769. The van der Waals surface area contributed by atoms with E-state index in [9.17, 15) is 13.2 Å². The lowest BCUT2D eigenvalue weighted by Crippen LogP contribution is -2.44. The summed E-state index contributed by atoms with van der Waals surface area (Å²) in [6, 6.07) is 1.09. The van der Waals surface area contributed by atoms with E-state index in [0.29, 0.717) is 6.54 Å². The Morgan fingerprint density at radius 2 is 1.95 bits per heavy atom. The lowest BCUT2D eigenvalue weighted by molar-refractivity contribution is -0.141. The van der Waals surface area contributed by atoms with Crippen LogP contribution in [0.25, 0.3) is 0 Å². The standard InChI is InChI=1S/C13H22F3N3/c1-5-7-17-11(12(2,3)4)9-19-8-6-10(18-19)13(14,15)16/h6,8,11,17H,5,7,9H2,1-4H3. The van der Waals surface area contributed by atoms with Crippen LogP contribution in [0.3, 0.4) is 0 Å². The molecule has 0 aliphatic rings. The zero-order valence-corrected chi connectivity index (χ0v) is 11.9. The average Bonchev–Trinajstić information content (AvgIpc) is 2.70. The second-order valence-electron chi connectivity index (χ2n) is 5.79. The molecule has 0 spiro atoms. The van der Waals surface area contributed by atoms with Gasteiger partial charge in [0.2, 0.25) is 0 Å². The van der Waals surface area contributed by atoms with Gasteiger partial charge in [0.25, 0.3) is 0 Å². The normalized spacial score (nSPS) is 14.7. The fourth-order valence-electron chi connectivity index (χ4n) is 1.76. The highest BCUT2D eigenvalue weighted by molar-refractivity contribution is 5.03. The second-order valence-corrected chi connectivity index (χ2v) is 5.79. The van der Waals surface area contributed by atoms with Gasteiger partial charge in [-0.25, -0.2) is 0 Å². The third-order valence-electron chi connectivity index (χ3n) is 2.99. The Morgan fingerprint density at radius 1 is 1.32 bits per heavy atom. The molecule has 6 heteroatoms. The minimum absolute atomic E-state index is 0.0421. The highest BCUT2D eigenvalue weighted by Crippen LogP contribution is 2.27. The molecule has 1 aromatic rings. The van der Waals surface area contributed by atoms with Gasteiger partial charge >= 0.3 is 6.18 Å². The van der Waals surface area contributed by atoms with Gasteiger partial charge in [0, 0.05) is 12.2 Å². The number of aromatic nitrogens is 2. The van der Waals surface area contributed by atoms with Crippen molar-refractivity contribution in [3.8, 4) is 0 Å². The monoisotopic (exact) mass is 277 g/mol. The van der Waals surface area contributed by atoms with Crippen molar-refractivity contribution < 1.29 is 13.2 Å². The second kappa shape index (κ2) is 5.94. The van der Waals surface area contributed by atoms with E-state index in [1.165, 1.54) is 10.9 Å². The minimum Gasteiger partial charge on any atom is -0.312 e. The molecule has 1 atom stereocenters. The van der Waals surface area contributed by atoms with Gasteiger partial charge in [0.15, 0.2) is 5.69 Å². The van der Waals surface area contributed by atoms with Crippen LogP contribution >= 0.6 is 0 Å². The largest absolute Gasteiger partial charge is 0.435 e. The molecule has 0 aliphatic heterocycles. The lowest BCUT2D eigenvalue weighted by atomic mass is 9.86. The number of hydrogen-bond acceptors (Lipinski definition) is 2. The number of rotatable bonds is 5. The first-order valence-electron chi connectivity index (χ1n) is 6.48. The molecule has 0 aliphatic carbocycles. The summed E-state index contributed by atoms with van der Waals surface area (Å²) in [7, 11) is 0. The molecule has 0 amide bonds. The molecule has 1 rings (SSSR count). The van der Waals surface area contributed by atoms with Crippen LogP contribution in [0.5, 0.6) is 0 Å². The molecule has 1 unspecified atom stereocenters. The summed E-state index contributed by atoms with van der Waals surface area (Å²) >= 11 is 0. The molecular formula is C13H22F3N3. The van der Waals surface area contributed by atoms with Crippen molar-refractivity contribution in [2.75, 3.05) is 6.54 Å². The summed E-state index contributed by atoms with van der Waals surface area (Å²) in [5.41, 5.74) is -0.880. The number of nitrogens with zero attached hydrogens (tertiary/aromatic N) is 2. The highest BCUT2D eigenvalue weighted by Gasteiger charge is 2.34. The van der Waals surface area contributed by atoms with Gasteiger partial charge in [-0.1, -0.05) is 27.7 Å². The number of hydrogen-bond donors (Lipinski definition) is 1. The van der Waals surface area contributed by atoms with E-state index in [4.69, 9.17) is 0 Å². The first kappa shape index (κ1) is 16.0. The summed E-state index contributed by atoms with van der Waals surface area (Å²) in [6.07, 6.45) is -2.01. The Balaban J connectivity index is 2.76. The van der Waals surface area contributed by atoms with Crippen LogP contribution in [0.1, 0.15) is 39.8 Å². The molecule has 19 heavy (non-hydrogen) atoms. The molecule has 0 bridgehead atoms. The quantitative estimate of drug-likeness (QED) is 0.894. The molecular weight excluding hydrogens is 255 g/mol. The highest BCUT2D eigenvalue weighted by atomic mass is 19.4. The summed E-state index contributed by atoms with van der Waals surface area (Å²) in [5.74, 6) is 0. The lowest BCUT2D eigenvalue weighted by Gasteiger charge is -2.31. The number of halogens is 3. The fourth-order valence-corrected chi connectivity index (χ4v) is 1.76. The average molecular weight is 277 g/mol. The Morgan fingerprint density at radius 3 is 2.37 bits per heavy atom. The Hall–Kier alpha value is -1.04. The maximum absolute atomic E-state index is 12.5. The molecule has 1 heterocycles. The van der Waals surface area contributed by atoms with E-state index >= 15 is 0 Å². The van der Waals surface area contributed by atoms with Crippen molar-refractivity contribution in [1.82, 2.24) is 15.1 Å². The predicted molar refractivity (Wildman–Crippen MR) is 68.8 cm³/mol. The zero-order valence-electron chi connectivity index (χ0n) is 11.9. The van der Waals surface area contributed by atoms with Crippen molar-refractivity contribution in [2.45, 2.75) is 52.9 Å². The van der Waals surface area contributed by atoms with E-state index in [2.05, 4.69) is 38.1 Å².